The van der Waals surface area contributed by atoms with Crippen LogP contribution >= 0.6 is 0 Å². The smallest absolute Gasteiger partial charge is 0.274 e. The van der Waals surface area contributed by atoms with Crippen LogP contribution in [-0.2, 0) is 6.54 Å². The standard InChI is InChI=1S/C22H20N6O2/c1-14-10-23-22(30)19-9-16-7-8-18(26-20(16)28(14)19)21(29)25-17-11-24-27(13-17)12-15-5-3-2-4-6-15/h2-9,11,13-14H,10,12H2,1H3,(H,23,30)(H,25,29)/t14-/m0/s1. The topological polar surface area (TPSA) is 93.8 Å². The number of carbonyl (C=O) groups excluding carboxylic acids is 2. The van der Waals surface area contributed by atoms with Crippen LogP contribution in [0.2, 0.25) is 0 Å². The molecule has 8 nitrogen and oxygen atoms in total. The molecule has 0 aliphatic carbocycles. The first-order chi connectivity index (χ1) is 14.6. The molecule has 0 saturated carbocycles. The first-order valence-corrected chi connectivity index (χ1v) is 9.76. The van der Waals surface area contributed by atoms with E-state index < -0.39 is 0 Å². The zero-order valence-electron chi connectivity index (χ0n) is 16.4. The SMILES string of the molecule is C[C@H]1CNC(=O)c2cc3ccc(C(=O)Nc4cnn(Cc5ccccc5)c4)nc3n21. The number of hydrogen-bond donors (Lipinski definition) is 2. The van der Waals surface area contributed by atoms with Gasteiger partial charge in [-0.25, -0.2) is 4.98 Å². The number of fused-ring (bicyclic) bond motifs is 3. The fourth-order valence-electron chi connectivity index (χ4n) is 3.75. The number of amides is 2. The van der Waals surface area contributed by atoms with E-state index in [9.17, 15) is 9.59 Å². The van der Waals surface area contributed by atoms with E-state index in [4.69, 9.17) is 0 Å². The van der Waals surface area contributed by atoms with Crippen molar-refractivity contribution in [3.05, 3.63) is 77.9 Å². The van der Waals surface area contributed by atoms with E-state index >= 15 is 0 Å². The summed E-state index contributed by atoms with van der Waals surface area (Å²) in [5.41, 5.74) is 3.22. The van der Waals surface area contributed by atoms with E-state index in [2.05, 4.69) is 20.7 Å². The van der Waals surface area contributed by atoms with Crippen LogP contribution in [0.4, 0.5) is 5.69 Å². The highest BCUT2D eigenvalue weighted by Crippen LogP contribution is 2.25. The van der Waals surface area contributed by atoms with Crippen LogP contribution in [0.15, 0.2) is 60.9 Å². The molecule has 0 bridgehead atoms. The zero-order valence-corrected chi connectivity index (χ0v) is 16.4. The van der Waals surface area contributed by atoms with Gasteiger partial charge in [0.2, 0.25) is 0 Å². The third kappa shape index (κ3) is 3.22. The molecule has 150 valence electrons. The highest BCUT2D eigenvalue weighted by atomic mass is 16.2. The number of nitrogens with one attached hydrogen (secondary N) is 2. The second-order valence-electron chi connectivity index (χ2n) is 7.43. The lowest BCUT2D eigenvalue weighted by atomic mass is 10.2. The molecule has 0 spiro atoms. The second-order valence-corrected chi connectivity index (χ2v) is 7.43. The summed E-state index contributed by atoms with van der Waals surface area (Å²) in [7, 11) is 0. The Morgan fingerprint density at radius 2 is 2.07 bits per heavy atom. The number of hydrogen-bond acceptors (Lipinski definition) is 4. The molecule has 0 fully saturated rings. The van der Waals surface area contributed by atoms with Gasteiger partial charge >= 0.3 is 0 Å². The average molecular weight is 400 g/mol. The Morgan fingerprint density at radius 3 is 2.90 bits per heavy atom. The van der Waals surface area contributed by atoms with Crippen molar-refractivity contribution in [3.8, 4) is 0 Å². The molecule has 0 saturated heterocycles. The van der Waals surface area contributed by atoms with Gasteiger partial charge in [-0.2, -0.15) is 5.10 Å². The molecule has 3 aromatic heterocycles. The van der Waals surface area contributed by atoms with Crippen LogP contribution in [0.5, 0.6) is 0 Å². The molecule has 4 aromatic rings. The van der Waals surface area contributed by atoms with Crippen molar-refractivity contribution in [2.45, 2.75) is 19.5 Å². The summed E-state index contributed by atoms with van der Waals surface area (Å²) >= 11 is 0. The molecule has 1 aliphatic rings. The number of nitrogens with zero attached hydrogens (tertiary/aromatic N) is 4. The lowest BCUT2D eigenvalue weighted by Crippen LogP contribution is -2.37. The Kier molecular flexibility index (Phi) is 4.31. The van der Waals surface area contributed by atoms with Crippen LogP contribution in [0.1, 0.15) is 39.5 Å². The van der Waals surface area contributed by atoms with Crippen LogP contribution in [0.3, 0.4) is 0 Å². The maximum atomic E-state index is 12.8. The van der Waals surface area contributed by atoms with E-state index in [-0.39, 0.29) is 23.6 Å². The van der Waals surface area contributed by atoms with Gasteiger partial charge in [-0.05, 0) is 30.7 Å². The van der Waals surface area contributed by atoms with Gasteiger partial charge in [0.25, 0.3) is 11.8 Å². The van der Waals surface area contributed by atoms with Crippen molar-refractivity contribution in [3.63, 3.8) is 0 Å². The molecule has 4 heterocycles. The van der Waals surface area contributed by atoms with E-state index in [1.165, 1.54) is 0 Å². The number of benzene rings is 1. The van der Waals surface area contributed by atoms with Gasteiger partial charge in [-0.15, -0.1) is 0 Å². The van der Waals surface area contributed by atoms with E-state index in [0.717, 1.165) is 10.9 Å². The maximum absolute atomic E-state index is 12.8. The molecule has 2 N–H and O–H groups in total. The van der Waals surface area contributed by atoms with Gasteiger partial charge in [0.1, 0.15) is 17.0 Å². The predicted octanol–water partition coefficient (Wildman–Crippen LogP) is 2.84. The summed E-state index contributed by atoms with van der Waals surface area (Å²) in [4.78, 5) is 29.5. The van der Waals surface area contributed by atoms with E-state index in [1.54, 1.807) is 23.1 Å². The lowest BCUT2D eigenvalue weighted by Gasteiger charge is -2.23. The van der Waals surface area contributed by atoms with Gasteiger partial charge < -0.3 is 15.2 Å². The molecule has 2 amide bonds. The van der Waals surface area contributed by atoms with Gasteiger partial charge in [-0.1, -0.05) is 30.3 Å². The molecule has 0 unspecified atom stereocenters. The lowest BCUT2D eigenvalue weighted by molar-refractivity contribution is 0.0918. The summed E-state index contributed by atoms with van der Waals surface area (Å²) in [6.45, 7) is 3.17. The van der Waals surface area contributed by atoms with Crippen LogP contribution < -0.4 is 10.6 Å². The van der Waals surface area contributed by atoms with Crippen molar-refractivity contribution in [2.75, 3.05) is 11.9 Å². The highest BCUT2D eigenvalue weighted by molar-refractivity contribution is 6.04. The quantitative estimate of drug-likeness (QED) is 0.551. The molecule has 5 rings (SSSR count). The van der Waals surface area contributed by atoms with Crippen LogP contribution in [0, 0.1) is 0 Å². The molecule has 0 radical (unpaired) electrons. The number of rotatable bonds is 4. The Bertz CT molecular complexity index is 1260. The molecule has 1 aromatic carbocycles. The van der Waals surface area contributed by atoms with Gasteiger partial charge in [0, 0.05) is 18.1 Å². The number of pyridine rings is 1. The van der Waals surface area contributed by atoms with Crippen LogP contribution in [0.25, 0.3) is 11.0 Å². The molecule has 8 heteroatoms. The summed E-state index contributed by atoms with van der Waals surface area (Å²) < 4.78 is 3.66. The Morgan fingerprint density at radius 1 is 1.23 bits per heavy atom. The minimum absolute atomic E-state index is 0.0669. The fourth-order valence-corrected chi connectivity index (χ4v) is 3.75. The first-order valence-electron chi connectivity index (χ1n) is 9.76. The van der Waals surface area contributed by atoms with Crippen LogP contribution in [-0.4, -0.2) is 37.7 Å². The summed E-state index contributed by atoms with van der Waals surface area (Å²) in [5.74, 6) is -0.442. The van der Waals surface area contributed by atoms with Gasteiger partial charge in [0.15, 0.2) is 0 Å². The normalized spacial score (nSPS) is 15.6. The third-order valence-electron chi connectivity index (χ3n) is 5.23. The average Bonchev–Trinajstić information content (AvgIpc) is 3.36. The minimum atomic E-state index is -0.320. The van der Waals surface area contributed by atoms with Crippen molar-refractivity contribution < 1.29 is 9.59 Å². The Labute approximate surface area is 172 Å². The first kappa shape index (κ1) is 18.1. The summed E-state index contributed by atoms with van der Waals surface area (Å²) in [5, 5.41) is 10.9. The summed E-state index contributed by atoms with van der Waals surface area (Å²) in [6.07, 6.45) is 3.40. The zero-order chi connectivity index (χ0) is 20.7. The molecule has 1 atom stereocenters. The van der Waals surface area contributed by atoms with Crippen molar-refractivity contribution >= 4 is 28.5 Å². The highest BCUT2D eigenvalue weighted by Gasteiger charge is 2.25. The molecular weight excluding hydrogens is 380 g/mol. The monoisotopic (exact) mass is 400 g/mol. The Balaban J connectivity index is 1.38. The molecule has 30 heavy (non-hydrogen) atoms. The van der Waals surface area contributed by atoms with Crippen molar-refractivity contribution in [1.29, 1.82) is 0 Å². The fraction of sp³-hybridized carbons (Fsp3) is 0.182. The minimum Gasteiger partial charge on any atom is -0.349 e. The van der Waals surface area contributed by atoms with Crippen molar-refractivity contribution in [1.82, 2.24) is 24.6 Å². The second kappa shape index (κ2) is 7.14. The van der Waals surface area contributed by atoms with Gasteiger partial charge in [-0.3, -0.25) is 14.3 Å². The van der Waals surface area contributed by atoms with Crippen molar-refractivity contribution in [2.24, 2.45) is 0 Å². The van der Waals surface area contributed by atoms with E-state index in [0.29, 0.717) is 30.1 Å². The number of anilines is 1. The largest absolute Gasteiger partial charge is 0.349 e. The number of carbonyl (C=O) groups is 2. The van der Waals surface area contributed by atoms with E-state index in [1.807, 2.05) is 54.0 Å². The molecule has 1 aliphatic heterocycles. The number of aromatic nitrogens is 4. The molecular formula is C22H20N6O2. The predicted molar refractivity (Wildman–Crippen MR) is 113 cm³/mol. The maximum Gasteiger partial charge on any atom is 0.274 e. The van der Waals surface area contributed by atoms with Gasteiger partial charge in [0.05, 0.1) is 24.5 Å². The summed E-state index contributed by atoms with van der Waals surface area (Å²) in [6, 6.07) is 15.3. The Hall–Kier alpha value is -3.94. The third-order valence-corrected chi connectivity index (χ3v) is 5.23.